The number of thioether (sulfide) groups is 1. The minimum absolute atomic E-state index is 0.206. The van der Waals surface area contributed by atoms with Gasteiger partial charge in [-0.05, 0) is 43.9 Å². The van der Waals surface area contributed by atoms with Crippen LogP contribution in [0, 0.1) is 0 Å². The first-order chi connectivity index (χ1) is 13.9. The molecule has 2 heterocycles. The van der Waals surface area contributed by atoms with Crippen molar-refractivity contribution in [2.24, 2.45) is 12.8 Å². The van der Waals surface area contributed by atoms with Crippen molar-refractivity contribution in [2.45, 2.75) is 37.4 Å². The predicted octanol–water partition coefficient (Wildman–Crippen LogP) is 4.41. The van der Waals surface area contributed by atoms with Crippen LogP contribution in [-0.2, 0) is 18.0 Å². The van der Waals surface area contributed by atoms with E-state index in [0.717, 1.165) is 22.3 Å². The predicted molar refractivity (Wildman–Crippen MR) is 109 cm³/mol. The number of carbonyl (C=O) groups excluding carboxylic acids is 1. The zero-order chi connectivity index (χ0) is 22.3. The summed E-state index contributed by atoms with van der Waals surface area (Å²) < 4.78 is 46.4. The van der Waals surface area contributed by atoms with Gasteiger partial charge in [-0.3, -0.25) is 4.79 Å². The summed E-state index contributed by atoms with van der Waals surface area (Å²) in [6.45, 7) is 5.13. The van der Waals surface area contributed by atoms with E-state index in [1.807, 2.05) is 6.92 Å². The Labute approximate surface area is 175 Å². The molecule has 1 aromatic carbocycles. The van der Waals surface area contributed by atoms with Gasteiger partial charge in [0.1, 0.15) is 17.3 Å². The summed E-state index contributed by atoms with van der Waals surface area (Å²) in [5.41, 5.74) is 4.63. The number of hydrogen-bond donors (Lipinski definition) is 1. The monoisotopic (exact) mass is 438 g/mol. The van der Waals surface area contributed by atoms with Crippen LogP contribution in [0.2, 0.25) is 0 Å². The number of primary amides is 1. The quantitative estimate of drug-likeness (QED) is 0.577. The van der Waals surface area contributed by atoms with E-state index in [2.05, 4.69) is 9.97 Å². The molecule has 0 saturated heterocycles. The van der Waals surface area contributed by atoms with E-state index in [-0.39, 0.29) is 5.52 Å². The Hall–Kier alpha value is -2.75. The molecule has 160 valence electrons. The van der Waals surface area contributed by atoms with E-state index in [9.17, 15) is 18.0 Å². The molecule has 0 fully saturated rings. The fourth-order valence-electron chi connectivity index (χ4n) is 2.86. The number of rotatable bonds is 6. The largest absolute Gasteiger partial charge is 0.478 e. The minimum atomic E-state index is -4.54. The van der Waals surface area contributed by atoms with E-state index in [1.54, 1.807) is 43.7 Å². The minimum Gasteiger partial charge on any atom is -0.478 e. The Morgan fingerprint density at radius 2 is 1.97 bits per heavy atom. The van der Waals surface area contributed by atoms with Gasteiger partial charge in [0.2, 0.25) is 0 Å². The summed E-state index contributed by atoms with van der Waals surface area (Å²) in [6, 6.07) is 6.16. The first kappa shape index (κ1) is 21.9. The molecule has 0 saturated carbocycles. The first-order valence-corrected chi connectivity index (χ1v) is 10.1. The number of nitrogens with zero attached hydrogens (tertiary/aromatic N) is 3. The molecule has 3 aromatic rings. The number of halogens is 3. The molecule has 1 amide bonds. The number of pyridine rings is 1. The smallest absolute Gasteiger partial charge is 0.433 e. The van der Waals surface area contributed by atoms with Crippen LogP contribution >= 0.6 is 11.8 Å². The molecular weight excluding hydrogens is 417 g/mol. The lowest BCUT2D eigenvalue weighted by Gasteiger charge is -2.23. The topological polar surface area (TPSA) is 83.0 Å². The zero-order valence-electron chi connectivity index (χ0n) is 16.9. The maximum absolute atomic E-state index is 13.0. The van der Waals surface area contributed by atoms with E-state index in [4.69, 9.17) is 10.5 Å². The Balaban J connectivity index is 2.09. The number of nitrogens with two attached hydrogens (primary N) is 1. The number of carbonyl (C=O) groups is 1. The van der Waals surface area contributed by atoms with Crippen LogP contribution in [0.3, 0.4) is 0 Å². The van der Waals surface area contributed by atoms with Crippen LogP contribution in [0.1, 0.15) is 26.5 Å². The molecule has 6 nitrogen and oxygen atoms in total. The lowest BCUT2D eigenvalue weighted by atomic mass is 10.1. The van der Waals surface area contributed by atoms with E-state index < -0.39 is 23.4 Å². The van der Waals surface area contributed by atoms with Crippen molar-refractivity contribution in [3.05, 3.63) is 36.2 Å². The molecule has 3 rings (SSSR count). The highest BCUT2D eigenvalue weighted by Crippen LogP contribution is 2.37. The van der Waals surface area contributed by atoms with Gasteiger partial charge in [0.05, 0.1) is 17.2 Å². The van der Waals surface area contributed by atoms with Crippen molar-refractivity contribution in [1.82, 2.24) is 14.5 Å². The second-order valence-corrected chi connectivity index (χ2v) is 8.42. The van der Waals surface area contributed by atoms with Gasteiger partial charge in [0.15, 0.2) is 5.60 Å². The molecule has 0 atom stereocenters. The fourth-order valence-corrected chi connectivity index (χ4v) is 3.68. The highest BCUT2D eigenvalue weighted by molar-refractivity contribution is 7.99. The molecule has 10 heteroatoms. The van der Waals surface area contributed by atoms with Crippen LogP contribution in [0.15, 0.2) is 35.4 Å². The average molecular weight is 438 g/mol. The van der Waals surface area contributed by atoms with Gasteiger partial charge in [-0.15, -0.1) is 11.8 Å². The summed E-state index contributed by atoms with van der Waals surface area (Å²) in [4.78, 5) is 20.3. The lowest BCUT2D eigenvalue weighted by Crippen LogP contribution is -2.43. The van der Waals surface area contributed by atoms with Gasteiger partial charge in [-0.1, -0.05) is 6.92 Å². The lowest BCUT2D eigenvalue weighted by molar-refractivity contribution is -0.141. The van der Waals surface area contributed by atoms with Crippen molar-refractivity contribution in [1.29, 1.82) is 0 Å². The number of aromatic nitrogens is 3. The van der Waals surface area contributed by atoms with Gasteiger partial charge in [0, 0.05) is 17.5 Å². The van der Waals surface area contributed by atoms with Crippen LogP contribution < -0.4 is 10.5 Å². The first-order valence-electron chi connectivity index (χ1n) is 9.10. The number of alkyl halides is 3. The number of fused-ring (bicyclic) bond motifs is 1. The van der Waals surface area contributed by atoms with Gasteiger partial charge < -0.3 is 15.0 Å². The Bertz CT molecular complexity index is 1110. The van der Waals surface area contributed by atoms with E-state index in [0.29, 0.717) is 17.1 Å². The molecule has 0 unspecified atom stereocenters. The molecular formula is C20H21F3N4O2S. The average Bonchev–Trinajstić information content (AvgIpc) is 2.97. The third-order valence-corrected chi connectivity index (χ3v) is 5.46. The maximum Gasteiger partial charge on any atom is 0.433 e. The van der Waals surface area contributed by atoms with Gasteiger partial charge in [-0.25, -0.2) is 9.97 Å². The SMILES string of the molecule is CCSc1cc(OC(C)(C)C(N)=O)ccc1-c1nc2cc(C(F)(F)F)ncc2n1C. The summed E-state index contributed by atoms with van der Waals surface area (Å²) in [5.74, 6) is 1.11. The molecule has 0 spiro atoms. The summed E-state index contributed by atoms with van der Waals surface area (Å²) in [6.07, 6.45) is -3.37. The molecule has 2 N–H and O–H groups in total. The molecule has 0 bridgehead atoms. The molecule has 0 radical (unpaired) electrons. The summed E-state index contributed by atoms with van der Waals surface area (Å²) >= 11 is 1.53. The Morgan fingerprint density at radius 3 is 2.57 bits per heavy atom. The maximum atomic E-state index is 13.0. The molecule has 0 aliphatic heterocycles. The Kier molecular flexibility index (Phi) is 5.72. The second-order valence-electron chi connectivity index (χ2n) is 7.12. The van der Waals surface area contributed by atoms with Crippen LogP contribution in [0.4, 0.5) is 13.2 Å². The van der Waals surface area contributed by atoms with Crippen molar-refractivity contribution in [3.63, 3.8) is 0 Å². The molecule has 2 aromatic heterocycles. The third-order valence-electron chi connectivity index (χ3n) is 4.52. The fraction of sp³-hybridized carbons (Fsp3) is 0.350. The number of benzene rings is 1. The number of hydrogen-bond acceptors (Lipinski definition) is 5. The summed E-state index contributed by atoms with van der Waals surface area (Å²) in [7, 11) is 1.72. The van der Waals surface area contributed by atoms with Crippen LogP contribution in [0.5, 0.6) is 5.75 Å². The van der Waals surface area contributed by atoms with Crippen LogP contribution in [-0.4, -0.2) is 31.8 Å². The van der Waals surface area contributed by atoms with Crippen molar-refractivity contribution >= 4 is 28.7 Å². The van der Waals surface area contributed by atoms with Crippen LogP contribution in [0.25, 0.3) is 22.4 Å². The van der Waals surface area contributed by atoms with Crippen molar-refractivity contribution in [2.75, 3.05) is 5.75 Å². The van der Waals surface area contributed by atoms with E-state index >= 15 is 0 Å². The zero-order valence-corrected chi connectivity index (χ0v) is 17.7. The van der Waals surface area contributed by atoms with Gasteiger partial charge >= 0.3 is 6.18 Å². The number of aryl methyl sites for hydroxylation is 1. The molecule has 0 aliphatic rings. The number of amides is 1. The standard InChI is InChI=1S/C20H21F3N4O2S/c1-5-30-15-8-11(29-19(2,3)18(24)28)6-7-12(15)17-26-13-9-16(20(21,22)23)25-10-14(13)27(17)4/h6-10H,5H2,1-4H3,(H2,24,28). The molecule has 0 aliphatic carbocycles. The highest BCUT2D eigenvalue weighted by Gasteiger charge is 2.33. The highest BCUT2D eigenvalue weighted by atomic mass is 32.2. The third kappa shape index (κ3) is 4.23. The van der Waals surface area contributed by atoms with Crippen molar-refractivity contribution < 1.29 is 22.7 Å². The normalized spacial score (nSPS) is 12.4. The number of ether oxygens (including phenoxy) is 1. The van der Waals surface area contributed by atoms with Gasteiger partial charge in [-0.2, -0.15) is 13.2 Å². The van der Waals surface area contributed by atoms with Gasteiger partial charge in [0.25, 0.3) is 5.91 Å². The summed E-state index contributed by atoms with van der Waals surface area (Å²) in [5, 5.41) is 0. The molecule has 30 heavy (non-hydrogen) atoms. The number of imidazole rings is 1. The Morgan fingerprint density at radius 1 is 1.27 bits per heavy atom. The second kappa shape index (κ2) is 7.82. The van der Waals surface area contributed by atoms with Crippen molar-refractivity contribution in [3.8, 4) is 17.1 Å². The van der Waals surface area contributed by atoms with E-state index in [1.165, 1.54) is 18.0 Å².